The number of ether oxygens (including phenoxy) is 2. The molecule has 4 atom stereocenters. The molecule has 0 aliphatic carbocycles. The molecule has 0 saturated carbocycles. The van der Waals surface area contributed by atoms with Crippen LogP contribution in [0.1, 0.15) is 82.8 Å². The molecule has 2 aliphatic rings. The summed E-state index contributed by atoms with van der Waals surface area (Å²) in [7, 11) is 0. The van der Waals surface area contributed by atoms with E-state index in [2.05, 4.69) is 20.6 Å². The Hall–Kier alpha value is -1.30. The molecule has 2 aromatic heterocycles. The minimum atomic E-state index is -0.0197. The molecule has 0 aromatic carbocycles. The summed E-state index contributed by atoms with van der Waals surface area (Å²) < 4.78 is 11.7. The van der Waals surface area contributed by atoms with Gasteiger partial charge in [0.1, 0.15) is 23.9 Å². The van der Waals surface area contributed by atoms with Gasteiger partial charge in [0.2, 0.25) is 0 Å². The van der Waals surface area contributed by atoms with Gasteiger partial charge in [-0.1, -0.05) is 12.8 Å². The zero-order valence-electron chi connectivity index (χ0n) is 20.0. The summed E-state index contributed by atoms with van der Waals surface area (Å²) in [6, 6.07) is 4.02. The molecule has 8 nitrogen and oxygen atoms in total. The van der Waals surface area contributed by atoms with Crippen molar-refractivity contribution in [1.82, 2.24) is 30.6 Å². The molecule has 2 saturated heterocycles. The predicted octanol–water partition coefficient (Wildman–Crippen LogP) is 3.41. The maximum atomic E-state index is 5.87. The second-order valence-electron chi connectivity index (χ2n) is 9.03. The first kappa shape index (κ1) is 25.8. The van der Waals surface area contributed by atoms with Crippen molar-refractivity contribution in [3.8, 4) is 0 Å². The Morgan fingerprint density at radius 3 is 1.62 bits per heavy atom. The lowest BCUT2D eigenvalue weighted by Gasteiger charge is -2.24. The van der Waals surface area contributed by atoms with E-state index in [1.54, 1.807) is 0 Å². The molecular formula is C24H36N6O2S2. The van der Waals surface area contributed by atoms with E-state index in [1.807, 2.05) is 26.0 Å². The largest absolute Gasteiger partial charge is 0.369 e. The van der Waals surface area contributed by atoms with Crippen LogP contribution in [0.25, 0.3) is 0 Å². The Labute approximate surface area is 213 Å². The van der Waals surface area contributed by atoms with Gasteiger partial charge in [0.05, 0.1) is 35.1 Å². The van der Waals surface area contributed by atoms with Gasteiger partial charge in [-0.25, -0.2) is 19.9 Å². The molecule has 4 rings (SSSR count). The predicted molar refractivity (Wildman–Crippen MR) is 139 cm³/mol. The highest BCUT2D eigenvalue weighted by Gasteiger charge is 2.22. The summed E-state index contributed by atoms with van der Waals surface area (Å²) in [5.74, 6) is 1.56. The fourth-order valence-corrected chi connectivity index (χ4v) is 4.90. The van der Waals surface area contributed by atoms with Crippen molar-refractivity contribution in [2.75, 3.05) is 39.4 Å². The van der Waals surface area contributed by atoms with Crippen molar-refractivity contribution < 1.29 is 9.47 Å². The summed E-state index contributed by atoms with van der Waals surface area (Å²) in [5, 5.41) is 6.71. The molecule has 4 heterocycles. The Kier molecular flexibility index (Phi) is 9.55. The number of morpholine rings is 2. The van der Waals surface area contributed by atoms with E-state index in [-0.39, 0.29) is 22.7 Å². The number of aromatic nitrogens is 4. The molecule has 2 N–H and O–H groups in total. The van der Waals surface area contributed by atoms with E-state index in [4.69, 9.17) is 44.7 Å². The van der Waals surface area contributed by atoms with Gasteiger partial charge in [-0.2, -0.15) is 25.3 Å². The third kappa shape index (κ3) is 7.11. The monoisotopic (exact) mass is 504 g/mol. The van der Waals surface area contributed by atoms with Gasteiger partial charge >= 0.3 is 0 Å². The fraction of sp³-hybridized carbons (Fsp3) is 0.667. The molecule has 10 heteroatoms. The van der Waals surface area contributed by atoms with Crippen LogP contribution in [0.3, 0.4) is 0 Å². The highest BCUT2D eigenvalue weighted by Crippen LogP contribution is 2.29. The third-order valence-corrected chi connectivity index (χ3v) is 7.08. The molecule has 186 valence electrons. The molecule has 4 unspecified atom stereocenters. The summed E-state index contributed by atoms with van der Waals surface area (Å²) >= 11 is 9.63. The molecule has 34 heavy (non-hydrogen) atoms. The molecule has 2 aliphatic heterocycles. The zero-order valence-corrected chi connectivity index (χ0v) is 21.8. The Balaban J connectivity index is 1.28. The van der Waals surface area contributed by atoms with Crippen LogP contribution in [0.2, 0.25) is 0 Å². The van der Waals surface area contributed by atoms with Crippen LogP contribution in [-0.2, 0) is 9.47 Å². The van der Waals surface area contributed by atoms with Crippen LogP contribution in [-0.4, -0.2) is 59.3 Å². The quantitative estimate of drug-likeness (QED) is 0.305. The normalized spacial score (nSPS) is 22.9. The Morgan fingerprint density at radius 2 is 1.24 bits per heavy atom. The maximum Gasteiger partial charge on any atom is 0.141 e. The number of hydrogen-bond acceptors (Lipinski definition) is 10. The number of nitrogens with one attached hydrogen (secondary N) is 2. The summed E-state index contributed by atoms with van der Waals surface area (Å²) in [4.78, 5) is 18.8. The first-order chi connectivity index (χ1) is 16.5. The van der Waals surface area contributed by atoms with Crippen LogP contribution in [0.15, 0.2) is 12.1 Å². The van der Waals surface area contributed by atoms with Gasteiger partial charge < -0.3 is 20.1 Å². The third-order valence-electron chi connectivity index (χ3n) is 6.10. The summed E-state index contributed by atoms with van der Waals surface area (Å²) in [6.07, 6.45) is 3.78. The van der Waals surface area contributed by atoms with E-state index in [9.17, 15) is 0 Å². The van der Waals surface area contributed by atoms with Crippen molar-refractivity contribution in [2.24, 2.45) is 0 Å². The zero-order chi connectivity index (χ0) is 23.9. The van der Waals surface area contributed by atoms with Gasteiger partial charge in [-0.15, -0.1) is 0 Å². The number of hydrogen-bond donors (Lipinski definition) is 4. The van der Waals surface area contributed by atoms with Crippen LogP contribution < -0.4 is 10.6 Å². The first-order valence-corrected chi connectivity index (χ1v) is 13.2. The molecule has 2 fully saturated rings. The molecule has 0 bridgehead atoms. The lowest BCUT2D eigenvalue weighted by molar-refractivity contribution is 0.0247. The van der Waals surface area contributed by atoms with Gasteiger partial charge in [-0.3, -0.25) is 0 Å². The highest BCUT2D eigenvalue weighted by atomic mass is 32.1. The van der Waals surface area contributed by atoms with Crippen LogP contribution in [0, 0.1) is 13.8 Å². The highest BCUT2D eigenvalue weighted by molar-refractivity contribution is 7.80. The van der Waals surface area contributed by atoms with Crippen molar-refractivity contribution in [3.05, 3.63) is 46.6 Å². The second kappa shape index (κ2) is 12.6. The molecule has 0 amide bonds. The standard InChI is InChI=1S/C24H36N6O2S2/c1-15-11-17(19-13-25-7-9-31-19)29-23(27-15)21(33)5-3-4-6-22(34)24-28-16(2)12-18(30-24)20-14-26-8-10-32-20/h11-12,19-22,25-26,33-34H,3-10,13-14H2,1-2H3. The topological polar surface area (TPSA) is 94.1 Å². The van der Waals surface area contributed by atoms with Crippen LogP contribution in [0.5, 0.6) is 0 Å². The second-order valence-corrected chi connectivity index (χ2v) is 10.3. The average Bonchev–Trinajstić information content (AvgIpc) is 2.86. The van der Waals surface area contributed by atoms with E-state index >= 15 is 0 Å². The number of thiol groups is 2. The molecule has 0 radical (unpaired) electrons. The number of rotatable bonds is 9. The van der Waals surface area contributed by atoms with Gasteiger partial charge in [-0.05, 0) is 38.8 Å². The van der Waals surface area contributed by atoms with Crippen molar-refractivity contribution in [2.45, 2.75) is 62.2 Å². The molecule has 0 spiro atoms. The molecular weight excluding hydrogens is 468 g/mol. The van der Waals surface area contributed by atoms with Gasteiger partial charge in [0.15, 0.2) is 0 Å². The van der Waals surface area contributed by atoms with E-state index in [1.165, 1.54) is 0 Å². The van der Waals surface area contributed by atoms with Crippen molar-refractivity contribution in [1.29, 1.82) is 0 Å². The smallest absolute Gasteiger partial charge is 0.141 e. The minimum absolute atomic E-state index is 0.00802. The Morgan fingerprint density at radius 1 is 0.794 bits per heavy atom. The van der Waals surface area contributed by atoms with E-state index < -0.39 is 0 Å². The minimum Gasteiger partial charge on any atom is -0.369 e. The Bertz CT molecular complexity index is 862. The SMILES string of the molecule is Cc1cc(C2CNCCO2)nc(C(S)CCCCC(S)c2nc(C)cc(C3CNCCO3)n2)n1. The number of aryl methyl sites for hydroxylation is 2. The summed E-state index contributed by atoms with van der Waals surface area (Å²) in [6.45, 7) is 8.74. The van der Waals surface area contributed by atoms with Crippen LogP contribution >= 0.6 is 25.3 Å². The summed E-state index contributed by atoms with van der Waals surface area (Å²) in [5.41, 5.74) is 3.78. The number of nitrogens with zero attached hydrogens (tertiary/aromatic N) is 4. The lowest BCUT2D eigenvalue weighted by Crippen LogP contribution is -2.34. The molecule has 2 aromatic rings. The van der Waals surface area contributed by atoms with E-state index in [0.717, 1.165) is 86.3 Å². The van der Waals surface area contributed by atoms with Crippen LogP contribution in [0.4, 0.5) is 0 Å². The van der Waals surface area contributed by atoms with Crippen molar-refractivity contribution in [3.63, 3.8) is 0 Å². The average molecular weight is 505 g/mol. The van der Waals surface area contributed by atoms with Crippen molar-refractivity contribution >= 4 is 25.3 Å². The maximum absolute atomic E-state index is 5.87. The number of unbranched alkanes of at least 4 members (excludes halogenated alkanes) is 1. The fourth-order valence-electron chi connectivity index (χ4n) is 4.31. The van der Waals surface area contributed by atoms with Gasteiger partial charge in [0, 0.05) is 37.6 Å². The first-order valence-electron chi connectivity index (χ1n) is 12.2. The van der Waals surface area contributed by atoms with Gasteiger partial charge in [0.25, 0.3) is 0 Å². The van der Waals surface area contributed by atoms with E-state index in [0.29, 0.717) is 13.2 Å². The lowest BCUT2D eigenvalue weighted by atomic mass is 10.1.